The van der Waals surface area contributed by atoms with E-state index in [1.165, 1.54) is 0 Å². The lowest BCUT2D eigenvalue weighted by molar-refractivity contribution is -0.134. The number of hydrazine groups is 1. The zero-order chi connectivity index (χ0) is 18.4. The van der Waals surface area contributed by atoms with Gasteiger partial charge in [0.15, 0.2) is 10.7 Å². The van der Waals surface area contributed by atoms with Crippen molar-refractivity contribution in [3.8, 4) is 5.75 Å². The topological polar surface area (TPSA) is 71.6 Å². The van der Waals surface area contributed by atoms with Gasteiger partial charge in [-0.2, -0.15) is 0 Å². The van der Waals surface area contributed by atoms with Crippen LogP contribution < -0.4 is 20.9 Å². The minimum absolute atomic E-state index is 0.170. The van der Waals surface area contributed by atoms with Gasteiger partial charge in [-0.1, -0.05) is 11.6 Å². The van der Waals surface area contributed by atoms with Crippen LogP contribution in [0.5, 0.6) is 5.75 Å². The minimum Gasteiger partial charge on any atom is -0.478 e. The molecule has 25 heavy (non-hydrogen) atoms. The Bertz CT molecular complexity index is 634. The summed E-state index contributed by atoms with van der Waals surface area (Å²) in [6, 6.07) is 5.26. The van der Waals surface area contributed by atoms with Gasteiger partial charge in [0.05, 0.1) is 6.10 Å². The molecule has 1 atom stereocenters. The molecule has 0 bridgehead atoms. The fourth-order valence-corrected chi connectivity index (χ4v) is 2.59. The summed E-state index contributed by atoms with van der Waals surface area (Å²) in [6.07, 6.45) is 2.26. The second-order valence-corrected chi connectivity index (χ2v) is 7.26. The quantitative estimate of drug-likeness (QED) is 0.534. The summed E-state index contributed by atoms with van der Waals surface area (Å²) in [4.78, 5) is 12.3. The number of amides is 1. The molecule has 8 heteroatoms. The van der Waals surface area contributed by atoms with Gasteiger partial charge in [-0.15, -0.1) is 0 Å². The number of hydrogen-bond donors (Lipinski definition) is 3. The SMILES string of the molecule is Cc1cc(OC(C)(C)C(=O)NNC(=S)NC[C@H]2CCCO2)ccc1Cl. The van der Waals surface area contributed by atoms with Crippen LogP contribution in [0.15, 0.2) is 18.2 Å². The van der Waals surface area contributed by atoms with Crippen molar-refractivity contribution in [1.82, 2.24) is 16.2 Å². The Morgan fingerprint density at radius 1 is 1.44 bits per heavy atom. The van der Waals surface area contributed by atoms with Crippen LogP contribution in [0.1, 0.15) is 32.3 Å². The van der Waals surface area contributed by atoms with Gasteiger partial charge in [0.25, 0.3) is 5.91 Å². The van der Waals surface area contributed by atoms with E-state index in [4.69, 9.17) is 33.3 Å². The maximum atomic E-state index is 12.3. The maximum Gasteiger partial charge on any atom is 0.281 e. The van der Waals surface area contributed by atoms with Crippen molar-refractivity contribution >= 4 is 34.8 Å². The van der Waals surface area contributed by atoms with Gasteiger partial charge in [0, 0.05) is 18.2 Å². The Morgan fingerprint density at radius 2 is 2.20 bits per heavy atom. The van der Waals surface area contributed by atoms with Gasteiger partial charge in [-0.3, -0.25) is 15.6 Å². The van der Waals surface area contributed by atoms with Crippen LogP contribution in [0.25, 0.3) is 0 Å². The molecule has 1 aliphatic rings. The molecule has 1 saturated heterocycles. The number of hydrogen-bond acceptors (Lipinski definition) is 4. The van der Waals surface area contributed by atoms with Crippen molar-refractivity contribution < 1.29 is 14.3 Å². The Labute approximate surface area is 158 Å². The Kier molecular flexibility index (Phi) is 6.87. The number of benzene rings is 1. The number of thiocarbonyl (C=S) groups is 1. The predicted molar refractivity (Wildman–Crippen MR) is 102 cm³/mol. The third-order valence-electron chi connectivity index (χ3n) is 3.85. The van der Waals surface area contributed by atoms with E-state index in [9.17, 15) is 4.79 Å². The van der Waals surface area contributed by atoms with E-state index in [0.29, 0.717) is 22.4 Å². The highest BCUT2D eigenvalue weighted by molar-refractivity contribution is 7.80. The average Bonchev–Trinajstić information content (AvgIpc) is 3.07. The van der Waals surface area contributed by atoms with Gasteiger partial charge in [0.1, 0.15) is 5.75 Å². The van der Waals surface area contributed by atoms with Crippen molar-refractivity contribution in [2.75, 3.05) is 13.2 Å². The number of carbonyl (C=O) groups is 1. The first-order valence-electron chi connectivity index (χ1n) is 8.19. The third-order valence-corrected chi connectivity index (χ3v) is 4.52. The van der Waals surface area contributed by atoms with E-state index >= 15 is 0 Å². The summed E-state index contributed by atoms with van der Waals surface area (Å²) in [5, 5.41) is 4.01. The lowest BCUT2D eigenvalue weighted by Crippen LogP contribution is -2.55. The van der Waals surface area contributed by atoms with Gasteiger partial charge in [0.2, 0.25) is 0 Å². The monoisotopic (exact) mass is 385 g/mol. The maximum absolute atomic E-state index is 12.3. The fourth-order valence-electron chi connectivity index (χ4n) is 2.34. The molecule has 1 fully saturated rings. The first-order chi connectivity index (χ1) is 11.8. The summed E-state index contributed by atoms with van der Waals surface area (Å²) >= 11 is 11.1. The zero-order valence-electron chi connectivity index (χ0n) is 14.6. The molecule has 0 aromatic heterocycles. The molecular formula is C17H24ClN3O3S. The van der Waals surface area contributed by atoms with Crippen LogP contribution in [0.2, 0.25) is 5.02 Å². The van der Waals surface area contributed by atoms with Crippen molar-refractivity contribution in [3.05, 3.63) is 28.8 Å². The second kappa shape index (κ2) is 8.69. The molecule has 0 radical (unpaired) electrons. The average molecular weight is 386 g/mol. The van der Waals surface area contributed by atoms with E-state index in [-0.39, 0.29) is 12.0 Å². The predicted octanol–water partition coefficient (Wildman–Crippen LogP) is 2.48. The van der Waals surface area contributed by atoms with E-state index in [0.717, 1.165) is 25.0 Å². The minimum atomic E-state index is -1.09. The summed E-state index contributed by atoms with van der Waals surface area (Å²) in [5.41, 5.74) is 5.04. The first kappa shape index (κ1) is 19.8. The van der Waals surface area contributed by atoms with Crippen LogP contribution in [0.3, 0.4) is 0 Å². The standard InChI is InChI=1S/C17H24ClN3O3S/c1-11-9-12(6-7-14(11)18)24-17(2,3)15(22)20-21-16(25)19-10-13-5-4-8-23-13/h6-7,9,13H,4-5,8,10H2,1-3H3,(H,20,22)(H2,19,21,25)/t13-/m1/s1. The van der Waals surface area contributed by atoms with E-state index in [1.807, 2.05) is 6.92 Å². The van der Waals surface area contributed by atoms with Crippen molar-refractivity contribution in [2.45, 2.75) is 45.3 Å². The van der Waals surface area contributed by atoms with E-state index in [1.54, 1.807) is 32.0 Å². The van der Waals surface area contributed by atoms with Gasteiger partial charge in [-0.25, -0.2) is 0 Å². The lowest BCUT2D eigenvalue weighted by atomic mass is 10.1. The molecule has 0 saturated carbocycles. The Balaban J connectivity index is 1.79. The number of aryl methyl sites for hydroxylation is 1. The summed E-state index contributed by atoms with van der Waals surface area (Å²) < 4.78 is 11.3. The van der Waals surface area contributed by atoms with Crippen LogP contribution in [0.4, 0.5) is 0 Å². The van der Waals surface area contributed by atoms with Crippen molar-refractivity contribution in [3.63, 3.8) is 0 Å². The molecule has 138 valence electrons. The Hall–Kier alpha value is -1.57. The molecule has 6 nitrogen and oxygen atoms in total. The highest BCUT2D eigenvalue weighted by Gasteiger charge is 2.30. The molecule has 1 aliphatic heterocycles. The molecule has 0 spiro atoms. The fraction of sp³-hybridized carbons (Fsp3) is 0.529. The first-order valence-corrected chi connectivity index (χ1v) is 8.97. The summed E-state index contributed by atoms with van der Waals surface area (Å²) in [6.45, 7) is 6.64. The lowest BCUT2D eigenvalue weighted by Gasteiger charge is -2.26. The van der Waals surface area contributed by atoms with Gasteiger partial charge >= 0.3 is 0 Å². The molecule has 1 heterocycles. The highest BCUT2D eigenvalue weighted by Crippen LogP contribution is 2.24. The number of halogens is 1. The Morgan fingerprint density at radius 3 is 2.84 bits per heavy atom. The normalized spacial score (nSPS) is 17.0. The number of nitrogens with one attached hydrogen (secondary N) is 3. The zero-order valence-corrected chi connectivity index (χ0v) is 16.2. The second-order valence-electron chi connectivity index (χ2n) is 6.45. The summed E-state index contributed by atoms with van der Waals surface area (Å²) in [5.74, 6) is 0.225. The number of rotatable bonds is 5. The van der Waals surface area contributed by atoms with Gasteiger partial charge < -0.3 is 14.8 Å². The molecule has 0 aliphatic carbocycles. The highest BCUT2D eigenvalue weighted by atomic mass is 35.5. The van der Waals surface area contributed by atoms with Crippen LogP contribution >= 0.6 is 23.8 Å². The molecule has 1 aromatic carbocycles. The van der Waals surface area contributed by atoms with Crippen LogP contribution in [-0.4, -0.2) is 35.9 Å². The molecule has 3 N–H and O–H groups in total. The summed E-state index contributed by atoms with van der Waals surface area (Å²) in [7, 11) is 0. The molecule has 1 amide bonds. The molecular weight excluding hydrogens is 362 g/mol. The molecule has 1 aromatic rings. The van der Waals surface area contributed by atoms with Crippen LogP contribution in [-0.2, 0) is 9.53 Å². The number of ether oxygens (including phenoxy) is 2. The molecule has 0 unspecified atom stereocenters. The molecule has 2 rings (SSSR count). The number of carbonyl (C=O) groups excluding carboxylic acids is 1. The van der Waals surface area contributed by atoms with Crippen LogP contribution in [0, 0.1) is 6.92 Å². The van der Waals surface area contributed by atoms with Gasteiger partial charge in [-0.05, 0) is 69.6 Å². The smallest absolute Gasteiger partial charge is 0.281 e. The van der Waals surface area contributed by atoms with E-state index in [2.05, 4.69) is 16.2 Å². The largest absolute Gasteiger partial charge is 0.478 e. The van der Waals surface area contributed by atoms with Crippen molar-refractivity contribution in [2.24, 2.45) is 0 Å². The van der Waals surface area contributed by atoms with Crippen molar-refractivity contribution in [1.29, 1.82) is 0 Å². The third kappa shape index (κ3) is 6.02. The van der Waals surface area contributed by atoms with E-state index < -0.39 is 5.60 Å².